The van der Waals surface area contributed by atoms with Gasteiger partial charge in [-0.15, -0.1) is 0 Å². The molecule has 0 bridgehead atoms. The van der Waals surface area contributed by atoms with Crippen molar-refractivity contribution in [3.05, 3.63) is 23.6 Å². The van der Waals surface area contributed by atoms with Crippen LogP contribution < -0.4 is 16.0 Å². The molecule has 0 saturated heterocycles. The Bertz CT molecular complexity index is 585. The number of hydrogen-bond acceptors (Lipinski definition) is 7. The van der Waals surface area contributed by atoms with E-state index in [1.54, 1.807) is 0 Å². The number of rotatable bonds is 5. The number of aromatic nitrogens is 3. The van der Waals surface area contributed by atoms with Crippen LogP contribution in [-0.4, -0.2) is 34.5 Å². The average molecular weight is 292 g/mol. The fourth-order valence-corrected chi connectivity index (χ4v) is 2.50. The number of carbonyl (C=O) groups is 1. The zero-order valence-corrected chi connectivity index (χ0v) is 12.1. The molecule has 3 N–H and O–H groups in total. The van der Waals surface area contributed by atoms with Crippen LogP contribution >= 0.6 is 11.3 Å². The number of nitrogens with two attached hydrogens (primary N) is 1. The Balaban J connectivity index is 2.14. The van der Waals surface area contributed by atoms with Crippen LogP contribution in [0.5, 0.6) is 0 Å². The topological polar surface area (TPSA) is 97.0 Å². The summed E-state index contributed by atoms with van der Waals surface area (Å²) in [7, 11) is 1.93. The average Bonchev–Trinajstić information content (AvgIpc) is 2.82. The molecule has 0 spiro atoms. The van der Waals surface area contributed by atoms with Crippen LogP contribution in [-0.2, 0) is 0 Å². The van der Waals surface area contributed by atoms with Gasteiger partial charge in [0.25, 0.3) is 5.91 Å². The highest BCUT2D eigenvalue weighted by Gasteiger charge is 2.18. The van der Waals surface area contributed by atoms with Crippen LogP contribution in [0.3, 0.4) is 0 Å². The van der Waals surface area contributed by atoms with Crippen LogP contribution in [0.4, 0.5) is 16.6 Å². The Kier molecular flexibility index (Phi) is 4.46. The zero-order valence-electron chi connectivity index (χ0n) is 11.3. The highest BCUT2D eigenvalue weighted by Crippen LogP contribution is 2.28. The quantitative estimate of drug-likeness (QED) is 0.869. The number of carbonyl (C=O) groups excluding carboxylic acids is 1. The van der Waals surface area contributed by atoms with Crippen LogP contribution in [0.25, 0.3) is 0 Å². The molecule has 1 amide bonds. The van der Waals surface area contributed by atoms with Gasteiger partial charge in [0.2, 0.25) is 0 Å². The summed E-state index contributed by atoms with van der Waals surface area (Å²) >= 11 is 1.27. The molecule has 0 fully saturated rings. The summed E-state index contributed by atoms with van der Waals surface area (Å²) < 4.78 is 0. The van der Waals surface area contributed by atoms with Crippen molar-refractivity contribution >= 4 is 33.9 Å². The van der Waals surface area contributed by atoms with Gasteiger partial charge in [0, 0.05) is 13.6 Å². The van der Waals surface area contributed by atoms with Crippen molar-refractivity contribution in [3.8, 4) is 0 Å². The number of hydrogen-bond donors (Lipinski definition) is 2. The first kappa shape index (κ1) is 14.2. The summed E-state index contributed by atoms with van der Waals surface area (Å²) in [5, 5.41) is 3.43. The van der Waals surface area contributed by atoms with Gasteiger partial charge in [-0.25, -0.2) is 15.0 Å². The minimum atomic E-state index is -0.300. The van der Waals surface area contributed by atoms with Crippen molar-refractivity contribution in [2.75, 3.05) is 29.5 Å². The van der Waals surface area contributed by atoms with E-state index in [1.165, 1.54) is 30.1 Å². The molecule has 20 heavy (non-hydrogen) atoms. The predicted molar refractivity (Wildman–Crippen MR) is 80.1 cm³/mol. The molecule has 0 aromatic carbocycles. The Morgan fingerprint density at radius 1 is 1.45 bits per heavy atom. The number of amides is 1. The maximum absolute atomic E-state index is 12.1. The summed E-state index contributed by atoms with van der Waals surface area (Å²) in [6, 6.07) is 0. The number of nitrogen functional groups attached to an aromatic ring is 1. The third kappa shape index (κ3) is 3.21. The van der Waals surface area contributed by atoms with Gasteiger partial charge in [0.1, 0.15) is 17.0 Å². The molecule has 2 heterocycles. The molecule has 2 aromatic rings. The van der Waals surface area contributed by atoms with Crippen LogP contribution in [0, 0.1) is 0 Å². The van der Waals surface area contributed by atoms with E-state index in [2.05, 4.69) is 27.2 Å². The smallest absolute Gasteiger partial charge is 0.269 e. The third-order valence-electron chi connectivity index (χ3n) is 2.55. The number of thiazole rings is 1. The second kappa shape index (κ2) is 6.29. The first-order chi connectivity index (χ1) is 9.61. The zero-order chi connectivity index (χ0) is 14.5. The fourth-order valence-electron chi connectivity index (χ4n) is 1.63. The lowest BCUT2D eigenvalue weighted by molar-refractivity contribution is 0.103. The van der Waals surface area contributed by atoms with Crippen molar-refractivity contribution in [2.24, 2.45) is 0 Å². The van der Waals surface area contributed by atoms with Crippen molar-refractivity contribution in [1.82, 2.24) is 15.0 Å². The van der Waals surface area contributed by atoms with E-state index in [-0.39, 0.29) is 11.7 Å². The second-order valence-corrected chi connectivity index (χ2v) is 5.19. The van der Waals surface area contributed by atoms with E-state index in [1.807, 2.05) is 11.9 Å². The largest absolute Gasteiger partial charge is 0.382 e. The molecular formula is C12H16N6OS. The lowest BCUT2D eigenvalue weighted by Crippen LogP contribution is -2.17. The van der Waals surface area contributed by atoms with Gasteiger partial charge >= 0.3 is 0 Å². The van der Waals surface area contributed by atoms with Crippen molar-refractivity contribution in [2.45, 2.75) is 13.3 Å². The number of anilines is 3. The molecule has 0 saturated carbocycles. The Morgan fingerprint density at radius 2 is 2.15 bits per heavy atom. The molecule has 0 aliphatic carbocycles. The van der Waals surface area contributed by atoms with Gasteiger partial charge in [-0.1, -0.05) is 18.3 Å². The second-order valence-electron chi connectivity index (χ2n) is 4.21. The molecule has 0 aliphatic rings. The Hall–Kier alpha value is -2.22. The normalized spacial score (nSPS) is 10.3. The van der Waals surface area contributed by atoms with Gasteiger partial charge in [-0.3, -0.25) is 4.79 Å². The standard InChI is InChI=1S/C12H16N6OS/c1-3-4-18(2)12-17-10(13)9(20-12)11(19)16-8-5-14-7-15-6-8/h5-7H,3-4,13H2,1-2H3,(H,16,19). The highest BCUT2D eigenvalue weighted by molar-refractivity contribution is 7.18. The maximum atomic E-state index is 12.1. The van der Waals surface area contributed by atoms with E-state index >= 15 is 0 Å². The maximum Gasteiger partial charge on any atom is 0.269 e. The SMILES string of the molecule is CCCN(C)c1nc(N)c(C(=O)Nc2cncnc2)s1. The van der Waals surface area contributed by atoms with E-state index in [0.717, 1.165) is 18.1 Å². The molecule has 8 heteroatoms. The fraction of sp³-hybridized carbons (Fsp3) is 0.333. The van der Waals surface area contributed by atoms with E-state index in [9.17, 15) is 4.79 Å². The summed E-state index contributed by atoms with van der Waals surface area (Å²) in [4.78, 5) is 26.4. The van der Waals surface area contributed by atoms with Crippen LogP contribution in [0.1, 0.15) is 23.0 Å². The van der Waals surface area contributed by atoms with E-state index in [0.29, 0.717) is 10.6 Å². The number of nitrogens with one attached hydrogen (secondary N) is 1. The summed E-state index contributed by atoms with van der Waals surface area (Å²) in [6.07, 6.45) is 5.44. The minimum absolute atomic E-state index is 0.238. The number of nitrogens with zero attached hydrogens (tertiary/aromatic N) is 4. The summed E-state index contributed by atoms with van der Waals surface area (Å²) in [5.41, 5.74) is 6.33. The molecule has 2 aromatic heterocycles. The van der Waals surface area contributed by atoms with Gasteiger partial charge < -0.3 is 16.0 Å². The molecule has 0 aliphatic heterocycles. The van der Waals surface area contributed by atoms with Crippen LogP contribution in [0.2, 0.25) is 0 Å². The predicted octanol–water partition coefficient (Wildman–Crippen LogP) is 1.61. The highest BCUT2D eigenvalue weighted by atomic mass is 32.1. The van der Waals surface area contributed by atoms with Gasteiger partial charge in [-0.05, 0) is 6.42 Å². The molecular weight excluding hydrogens is 276 g/mol. The first-order valence-corrected chi connectivity index (χ1v) is 6.97. The minimum Gasteiger partial charge on any atom is -0.382 e. The Labute approximate surface area is 120 Å². The molecule has 0 atom stereocenters. The van der Waals surface area contributed by atoms with Crippen molar-refractivity contribution in [3.63, 3.8) is 0 Å². The molecule has 0 radical (unpaired) electrons. The van der Waals surface area contributed by atoms with E-state index in [4.69, 9.17) is 5.73 Å². The van der Waals surface area contributed by atoms with E-state index < -0.39 is 0 Å². The molecule has 2 rings (SSSR count). The van der Waals surface area contributed by atoms with Crippen molar-refractivity contribution < 1.29 is 4.79 Å². The van der Waals surface area contributed by atoms with Gasteiger partial charge in [0.05, 0.1) is 18.1 Å². The third-order valence-corrected chi connectivity index (χ3v) is 3.74. The lowest BCUT2D eigenvalue weighted by Gasteiger charge is -2.13. The van der Waals surface area contributed by atoms with Crippen LogP contribution in [0.15, 0.2) is 18.7 Å². The summed E-state index contributed by atoms with van der Waals surface area (Å²) in [6.45, 7) is 2.94. The summed E-state index contributed by atoms with van der Waals surface area (Å²) in [5.74, 6) is -0.0618. The Morgan fingerprint density at radius 3 is 2.80 bits per heavy atom. The first-order valence-electron chi connectivity index (χ1n) is 6.15. The van der Waals surface area contributed by atoms with Gasteiger partial charge in [0.15, 0.2) is 5.13 Å². The molecule has 0 unspecified atom stereocenters. The monoisotopic (exact) mass is 292 g/mol. The van der Waals surface area contributed by atoms with Gasteiger partial charge in [-0.2, -0.15) is 0 Å². The molecule has 7 nitrogen and oxygen atoms in total. The van der Waals surface area contributed by atoms with Crippen molar-refractivity contribution in [1.29, 1.82) is 0 Å². The lowest BCUT2D eigenvalue weighted by atomic mass is 10.4. The molecule has 106 valence electrons.